The number of allylic oxidation sites excluding steroid dienone is 2. The van der Waals surface area contributed by atoms with Gasteiger partial charge < -0.3 is 14.4 Å². The van der Waals surface area contributed by atoms with Crippen LogP contribution < -0.4 is 4.90 Å². The number of esters is 2. The summed E-state index contributed by atoms with van der Waals surface area (Å²) in [6, 6.07) is 13.6. The first-order valence-electron chi connectivity index (χ1n) is 8.62. The fraction of sp³-hybridized carbons (Fsp3) is 0.0909. The second kappa shape index (κ2) is 9.25. The van der Waals surface area contributed by atoms with E-state index in [4.69, 9.17) is 9.47 Å². The number of benzene rings is 2. The van der Waals surface area contributed by atoms with Gasteiger partial charge in [-0.25, -0.2) is 14.0 Å². The number of carbonyl (C=O) groups excluding carboxylic acids is 2. The molecule has 29 heavy (non-hydrogen) atoms. The SMILES string of the molecule is COC(=O)C1=C(C(=O)OC)N(c2ccc(Sc3ccc(F)cc3)cc2)C=CC=C1. The highest BCUT2D eigenvalue weighted by molar-refractivity contribution is 7.99. The molecule has 0 aliphatic carbocycles. The average Bonchev–Trinajstić information content (AvgIpc) is 2.98. The second-order valence-corrected chi connectivity index (χ2v) is 7.01. The molecule has 1 heterocycles. The van der Waals surface area contributed by atoms with Crippen LogP contribution in [-0.2, 0) is 19.1 Å². The van der Waals surface area contributed by atoms with Crippen LogP contribution in [0.1, 0.15) is 0 Å². The van der Waals surface area contributed by atoms with Crippen LogP contribution in [0.3, 0.4) is 0 Å². The van der Waals surface area contributed by atoms with Crippen molar-refractivity contribution in [3.63, 3.8) is 0 Å². The van der Waals surface area contributed by atoms with Crippen LogP contribution in [0.5, 0.6) is 0 Å². The van der Waals surface area contributed by atoms with Crippen molar-refractivity contribution in [2.75, 3.05) is 19.1 Å². The molecule has 0 atom stereocenters. The lowest BCUT2D eigenvalue weighted by atomic mass is 10.1. The fourth-order valence-corrected chi connectivity index (χ4v) is 3.50. The summed E-state index contributed by atoms with van der Waals surface area (Å²) in [5.41, 5.74) is 0.813. The Kier molecular flexibility index (Phi) is 6.51. The molecule has 0 spiro atoms. The molecular formula is C22H18FNO4S. The molecule has 0 radical (unpaired) electrons. The van der Waals surface area contributed by atoms with E-state index in [1.807, 2.05) is 24.3 Å². The Labute approximate surface area is 172 Å². The van der Waals surface area contributed by atoms with E-state index in [0.29, 0.717) is 5.69 Å². The molecule has 0 unspecified atom stereocenters. The van der Waals surface area contributed by atoms with Gasteiger partial charge in [0, 0.05) is 21.7 Å². The van der Waals surface area contributed by atoms with Crippen LogP contribution >= 0.6 is 11.8 Å². The van der Waals surface area contributed by atoms with E-state index in [2.05, 4.69) is 0 Å². The summed E-state index contributed by atoms with van der Waals surface area (Å²) in [5.74, 6) is -1.58. The summed E-state index contributed by atoms with van der Waals surface area (Å²) >= 11 is 1.48. The molecule has 148 valence electrons. The van der Waals surface area contributed by atoms with Gasteiger partial charge in [0.2, 0.25) is 0 Å². The predicted molar refractivity (Wildman–Crippen MR) is 109 cm³/mol. The van der Waals surface area contributed by atoms with Gasteiger partial charge in [0.1, 0.15) is 11.5 Å². The van der Waals surface area contributed by atoms with Gasteiger partial charge in [-0.1, -0.05) is 17.8 Å². The molecule has 2 aromatic carbocycles. The minimum Gasteiger partial charge on any atom is -0.465 e. The maximum Gasteiger partial charge on any atom is 0.355 e. The number of rotatable bonds is 5. The third kappa shape index (κ3) is 4.75. The van der Waals surface area contributed by atoms with Gasteiger partial charge >= 0.3 is 11.9 Å². The Balaban J connectivity index is 1.93. The van der Waals surface area contributed by atoms with Gasteiger partial charge in [0.05, 0.1) is 19.8 Å². The standard InChI is InChI=1S/C22H18FNO4S/c1-27-21(25)19-5-3-4-14-24(20(19)22(26)28-2)16-8-12-18(13-9-16)29-17-10-6-15(23)7-11-17/h3-14H,1-2H3. The molecule has 5 nitrogen and oxygen atoms in total. The number of ether oxygens (including phenoxy) is 2. The van der Waals surface area contributed by atoms with Crippen molar-refractivity contribution in [1.29, 1.82) is 0 Å². The molecule has 1 aliphatic heterocycles. The highest BCUT2D eigenvalue weighted by Crippen LogP contribution is 2.31. The third-order valence-corrected chi connectivity index (χ3v) is 5.07. The van der Waals surface area contributed by atoms with Crippen molar-refractivity contribution >= 4 is 29.4 Å². The Morgan fingerprint density at radius 3 is 2.03 bits per heavy atom. The predicted octanol–water partition coefficient (Wildman–Crippen LogP) is 4.47. The quantitative estimate of drug-likeness (QED) is 0.677. The fourth-order valence-electron chi connectivity index (χ4n) is 2.68. The first-order chi connectivity index (χ1) is 14.0. The molecule has 0 N–H and O–H groups in total. The number of hydrogen-bond donors (Lipinski definition) is 0. The highest BCUT2D eigenvalue weighted by atomic mass is 32.2. The van der Waals surface area contributed by atoms with Crippen LogP contribution in [0.4, 0.5) is 10.1 Å². The second-order valence-electron chi connectivity index (χ2n) is 5.87. The number of halogens is 1. The normalized spacial score (nSPS) is 13.3. The summed E-state index contributed by atoms with van der Waals surface area (Å²) in [6.45, 7) is 0. The zero-order valence-corrected chi connectivity index (χ0v) is 16.6. The molecule has 0 saturated carbocycles. The van der Waals surface area contributed by atoms with E-state index in [0.717, 1.165) is 9.79 Å². The molecule has 3 rings (SSSR count). The topological polar surface area (TPSA) is 55.8 Å². The molecule has 1 aliphatic rings. The number of anilines is 1. The average molecular weight is 411 g/mol. The number of hydrogen-bond acceptors (Lipinski definition) is 6. The van der Waals surface area contributed by atoms with Gasteiger partial charge in [0.25, 0.3) is 0 Å². The van der Waals surface area contributed by atoms with Gasteiger partial charge in [0.15, 0.2) is 0 Å². The zero-order chi connectivity index (χ0) is 20.8. The molecule has 7 heteroatoms. The molecule has 0 saturated heterocycles. The Bertz CT molecular complexity index is 994. The number of carbonyl (C=O) groups is 2. The maximum atomic E-state index is 13.1. The van der Waals surface area contributed by atoms with Crippen LogP contribution in [0.2, 0.25) is 0 Å². The van der Waals surface area contributed by atoms with E-state index in [1.165, 1.54) is 44.2 Å². The Morgan fingerprint density at radius 1 is 0.862 bits per heavy atom. The maximum absolute atomic E-state index is 13.1. The largest absolute Gasteiger partial charge is 0.465 e. The first-order valence-corrected chi connectivity index (χ1v) is 9.43. The highest BCUT2D eigenvalue weighted by Gasteiger charge is 2.27. The number of methoxy groups -OCH3 is 2. The van der Waals surface area contributed by atoms with Crippen LogP contribution in [0.15, 0.2) is 94.0 Å². The summed E-state index contributed by atoms with van der Waals surface area (Å²) in [6.07, 6.45) is 6.53. The van der Waals surface area contributed by atoms with E-state index in [-0.39, 0.29) is 17.1 Å². The van der Waals surface area contributed by atoms with Crippen molar-refractivity contribution in [1.82, 2.24) is 0 Å². The van der Waals surface area contributed by atoms with E-state index in [1.54, 1.807) is 35.4 Å². The lowest BCUT2D eigenvalue weighted by Crippen LogP contribution is -2.26. The van der Waals surface area contributed by atoms with Gasteiger partial charge in [-0.15, -0.1) is 0 Å². The van der Waals surface area contributed by atoms with E-state index < -0.39 is 11.9 Å². The zero-order valence-electron chi connectivity index (χ0n) is 15.8. The number of nitrogens with zero attached hydrogens (tertiary/aromatic N) is 1. The van der Waals surface area contributed by atoms with Gasteiger partial charge in [-0.2, -0.15) is 0 Å². The van der Waals surface area contributed by atoms with Gasteiger partial charge in [-0.3, -0.25) is 0 Å². The van der Waals surface area contributed by atoms with Crippen molar-refractivity contribution < 1.29 is 23.5 Å². The molecular weight excluding hydrogens is 393 g/mol. The Hall–Kier alpha value is -3.32. The summed E-state index contributed by atoms with van der Waals surface area (Å²) in [4.78, 5) is 28.0. The summed E-state index contributed by atoms with van der Waals surface area (Å²) in [7, 11) is 2.51. The van der Waals surface area contributed by atoms with E-state index >= 15 is 0 Å². The smallest absolute Gasteiger partial charge is 0.355 e. The van der Waals surface area contributed by atoms with Crippen molar-refractivity contribution in [2.45, 2.75) is 9.79 Å². The molecule has 0 bridgehead atoms. The molecule has 0 aromatic heterocycles. The van der Waals surface area contributed by atoms with Crippen molar-refractivity contribution in [3.8, 4) is 0 Å². The summed E-state index contributed by atoms with van der Waals surface area (Å²) < 4.78 is 22.8. The van der Waals surface area contributed by atoms with Crippen LogP contribution in [-0.4, -0.2) is 26.2 Å². The lowest BCUT2D eigenvalue weighted by Gasteiger charge is -2.23. The third-order valence-electron chi connectivity index (χ3n) is 4.05. The van der Waals surface area contributed by atoms with E-state index in [9.17, 15) is 14.0 Å². The monoisotopic (exact) mass is 411 g/mol. The van der Waals surface area contributed by atoms with Crippen molar-refractivity contribution in [2.24, 2.45) is 0 Å². The Morgan fingerprint density at radius 2 is 1.45 bits per heavy atom. The molecule has 2 aromatic rings. The molecule has 0 fully saturated rings. The van der Waals surface area contributed by atoms with Gasteiger partial charge in [-0.05, 0) is 60.7 Å². The van der Waals surface area contributed by atoms with Crippen LogP contribution in [0.25, 0.3) is 0 Å². The van der Waals surface area contributed by atoms with Crippen LogP contribution in [0, 0.1) is 5.82 Å². The molecule has 0 amide bonds. The van der Waals surface area contributed by atoms with Crippen molar-refractivity contribution in [3.05, 3.63) is 90.0 Å². The minimum absolute atomic E-state index is 0.0586. The first kappa shape index (κ1) is 20.4. The summed E-state index contributed by atoms with van der Waals surface area (Å²) in [5, 5.41) is 0. The minimum atomic E-state index is -0.661. The lowest BCUT2D eigenvalue weighted by molar-refractivity contribution is -0.139.